The molecule has 0 aromatic heterocycles. The minimum Gasteiger partial charge on any atom is -0.508 e. The van der Waals surface area contributed by atoms with Gasteiger partial charge in [0.2, 0.25) is 29.5 Å². The Kier molecular flexibility index (Phi) is 23.6. The third-order valence-corrected chi connectivity index (χ3v) is 16.2. The molecule has 15 nitrogen and oxygen atoms in total. The van der Waals surface area contributed by atoms with Crippen LogP contribution in [0.3, 0.4) is 0 Å². The average Bonchev–Trinajstić information content (AvgIpc) is 4.17. The van der Waals surface area contributed by atoms with Crippen molar-refractivity contribution in [1.82, 2.24) is 30.7 Å². The minimum absolute atomic E-state index is 0.0277. The lowest BCUT2D eigenvalue weighted by atomic mass is 9.83. The van der Waals surface area contributed by atoms with Crippen LogP contribution in [0.15, 0.2) is 140 Å². The van der Waals surface area contributed by atoms with Crippen LogP contribution in [0, 0.1) is 5.92 Å². The lowest BCUT2D eigenvalue weighted by Crippen LogP contribution is -2.60. The molecule has 0 unspecified atom stereocenters. The number of hydrogen-bond acceptors (Lipinski definition) is 9. The number of unbranched alkanes of at least 4 members (excludes halogenated alkanes) is 3. The molecule has 6 amide bonds. The van der Waals surface area contributed by atoms with Crippen LogP contribution in [0.4, 0.5) is 4.79 Å². The summed E-state index contributed by atoms with van der Waals surface area (Å²) in [4.78, 5) is 88.9. The largest absolute Gasteiger partial charge is 0.508 e. The number of benzene rings is 5. The number of amides is 6. The number of aromatic hydroxyl groups is 1. The molecule has 1 saturated carbocycles. The van der Waals surface area contributed by atoms with Crippen molar-refractivity contribution in [2.45, 2.75) is 154 Å². The van der Waals surface area contributed by atoms with Crippen LogP contribution in [-0.4, -0.2) is 126 Å². The predicted molar refractivity (Wildman–Crippen MR) is 330 cm³/mol. The number of carbonyl (C=O) groups excluding carboxylic acids is 6. The second kappa shape index (κ2) is 31.1. The molecule has 84 heavy (non-hydrogen) atoms. The normalized spacial score (nSPS) is 15.9. The van der Waals surface area contributed by atoms with E-state index in [1.54, 1.807) is 56.7 Å². The Morgan fingerprint density at radius 1 is 0.679 bits per heavy atom. The van der Waals surface area contributed by atoms with Gasteiger partial charge in [-0.15, -0.1) is 0 Å². The first-order valence-corrected chi connectivity index (χ1v) is 30.2. The van der Waals surface area contributed by atoms with Gasteiger partial charge in [-0.05, 0) is 142 Å². The van der Waals surface area contributed by atoms with Gasteiger partial charge in [0.25, 0.3) is 0 Å². The highest BCUT2D eigenvalue weighted by molar-refractivity contribution is 5.99. The maximum atomic E-state index is 14.8. The van der Waals surface area contributed by atoms with Gasteiger partial charge in [0.05, 0.1) is 6.54 Å². The number of ether oxygens (including phenoxy) is 2. The van der Waals surface area contributed by atoms with Gasteiger partial charge in [0.1, 0.15) is 47.9 Å². The monoisotopic (exact) mass is 1140 g/mol. The van der Waals surface area contributed by atoms with E-state index in [0.29, 0.717) is 64.1 Å². The number of rotatable bonds is 26. The molecule has 4 atom stereocenters. The highest BCUT2D eigenvalue weighted by Gasteiger charge is 2.43. The second-order valence-corrected chi connectivity index (χ2v) is 23.4. The summed E-state index contributed by atoms with van der Waals surface area (Å²) < 4.78 is 11.6. The Morgan fingerprint density at radius 2 is 1.26 bits per heavy atom. The Morgan fingerprint density at radius 3 is 1.86 bits per heavy atom. The van der Waals surface area contributed by atoms with Crippen LogP contribution in [-0.2, 0) is 28.7 Å². The first-order valence-electron chi connectivity index (χ1n) is 30.2. The Hall–Kier alpha value is -7.94. The minimum atomic E-state index is -1.05. The molecular weight excluding hydrogens is 1060 g/mol. The maximum absolute atomic E-state index is 14.8. The smallest absolute Gasteiger partial charge is 0.410 e. The van der Waals surface area contributed by atoms with Gasteiger partial charge in [0, 0.05) is 39.5 Å². The summed E-state index contributed by atoms with van der Waals surface area (Å²) in [7, 11) is 3.29. The van der Waals surface area contributed by atoms with Gasteiger partial charge in [0.15, 0.2) is 0 Å². The number of likely N-dealkylation sites (tertiary alicyclic amines) is 1. The van der Waals surface area contributed by atoms with E-state index in [2.05, 4.69) is 35.0 Å². The number of allylic oxidation sites excluding steroid dienone is 1. The van der Waals surface area contributed by atoms with Crippen molar-refractivity contribution in [3.63, 3.8) is 0 Å². The van der Waals surface area contributed by atoms with E-state index in [1.807, 2.05) is 115 Å². The standard InChI is InChI=1S/C69H88N6O9/c1-8-57(49-26-15-11-16-27-49)60(52-36-40-55(76)41-37-52)53-38-42-56(43-39-53)83-47-46-73(6)59(77)35-23-9-10-24-44-70-66(80)63(61(50-28-17-12-18-29-50)51-30-19-13-20-31-51)72-65(79)58-34-25-45-75(58)67(81)62(54-32-21-14-22-33-54)71-64(78)48(2)74(7)68(82)84-69(3,4)5/h11-13,15-20,26-31,36-43,48,54,58,61-63,76H,8-10,14,21-25,32-35,44-47H2,1-7H3,(H,70,80)(H,71,78)(H,72,79)/t48-,58+,62-,63-/m0/s1. The fourth-order valence-electron chi connectivity index (χ4n) is 11.4. The molecular formula is C69H88N6O9. The van der Waals surface area contributed by atoms with E-state index in [1.165, 1.54) is 17.5 Å². The zero-order valence-corrected chi connectivity index (χ0v) is 50.3. The average molecular weight is 1150 g/mol. The van der Waals surface area contributed by atoms with Gasteiger partial charge in [-0.2, -0.15) is 0 Å². The molecule has 15 heteroatoms. The number of nitrogens with one attached hydrogen (secondary N) is 3. The van der Waals surface area contributed by atoms with Crippen molar-refractivity contribution in [2.24, 2.45) is 5.92 Å². The van der Waals surface area contributed by atoms with Crippen molar-refractivity contribution in [3.05, 3.63) is 167 Å². The highest BCUT2D eigenvalue weighted by Crippen LogP contribution is 2.36. The Balaban J connectivity index is 0.929. The summed E-state index contributed by atoms with van der Waals surface area (Å²) in [6, 6.07) is 41.1. The van der Waals surface area contributed by atoms with Gasteiger partial charge in [-0.1, -0.05) is 154 Å². The molecule has 1 saturated heterocycles. The molecule has 0 bridgehead atoms. The second-order valence-electron chi connectivity index (χ2n) is 23.4. The molecule has 1 aliphatic heterocycles. The summed E-state index contributed by atoms with van der Waals surface area (Å²) in [5, 5.41) is 19.3. The van der Waals surface area contributed by atoms with Gasteiger partial charge >= 0.3 is 6.09 Å². The first-order chi connectivity index (χ1) is 40.4. The van der Waals surface area contributed by atoms with Crippen molar-refractivity contribution >= 4 is 46.8 Å². The van der Waals surface area contributed by atoms with Crippen LogP contribution in [0.2, 0.25) is 0 Å². The molecule has 1 aliphatic carbocycles. The summed E-state index contributed by atoms with van der Waals surface area (Å²) in [5.74, 6) is -1.41. The summed E-state index contributed by atoms with van der Waals surface area (Å²) in [5.41, 5.74) is 6.36. The van der Waals surface area contributed by atoms with Gasteiger partial charge < -0.3 is 40.3 Å². The number of phenols is 1. The molecule has 0 spiro atoms. The van der Waals surface area contributed by atoms with Gasteiger partial charge in [-0.25, -0.2) is 4.79 Å². The highest BCUT2D eigenvalue weighted by atomic mass is 16.6. The number of hydrogen-bond donors (Lipinski definition) is 4. The maximum Gasteiger partial charge on any atom is 0.410 e. The number of phenolic OH excluding ortho intramolecular Hbond substituents is 1. The van der Waals surface area contributed by atoms with Crippen molar-refractivity contribution in [1.29, 1.82) is 0 Å². The van der Waals surface area contributed by atoms with Gasteiger partial charge in [-0.3, -0.25) is 28.9 Å². The summed E-state index contributed by atoms with van der Waals surface area (Å²) >= 11 is 0. The molecule has 0 radical (unpaired) electrons. The van der Waals surface area contributed by atoms with E-state index in [0.717, 1.165) is 84.8 Å². The first kappa shape index (κ1) is 63.6. The molecule has 2 aliphatic rings. The quantitative estimate of drug-likeness (QED) is 0.0309. The molecule has 4 N–H and O–H groups in total. The molecule has 5 aromatic carbocycles. The van der Waals surface area contributed by atoms with E-state index in [-0.39, 0.29) is 29.4 Å². The van der Waals surface area contributed by atoms with Crippen molar-refractivity contribution < 1.29 is 43.3 Å². The fourth-order valence-corrected chi connectivity index (χ4v) is 11.4. The predicted octanol–water partition coefficient (Wildman–Crippen LogP) is 11.3. The zero-order valence-electron chi connectivity index (χ0n) is 50.3. The SMILES string of the molecule is CCC(=C(c1ccc(O)cc1)c1ccc(OCCN(C)C(=O)CCCCCCNC(=O)[C@@H](NC(=O)[C@H]2CCCN2C(=O)[C@@H](NC(=O)[C@H](C)N(C)C(=O)OC(C)(C)C)C2CCCCC2)C(c2ccccc2)c2ccccc2)cc1)c1ccccc1. The molecule has 2 fully saturated rings. The van der Waals surface area contributed by atoms with Crippen LogP contribution >= 0.6 is 0 Å². The number of carbonyl (C=O) groups is 6. The molecule has 5 aromatic rings. The van der Waals surface area contributed by atoms with Crippen molar-refractivity contribution in [2.75, 3.05) is 40.3 Å². The van der Waals surface area contributed by atoms with Crippen LogP contribution in [0.5, 0.6) is 11.5 Å². The van der Waals surface area contributed by atoms with E-state index < -0.39 is 53.6 Å². The zero-order chi connectivity index (χ0) is 60.2. The molecule has 1 heterocycles. The fraction of sp³-hybridized carbons (Fsp3) is 0.449. The van der Waals surface area contributed by atoms with E-state index in [4.69, 9.17) is 9.47 Å². The molecule has 7 rings (SSSR count). The molecule has 448 valence electrons. The topological polar surface area (TPSA) is 187 Å². The van der Waals surface area contributed by atoms with Crippen molar-refractivity contribution in [3.8, 4) is 11.5 Å². The summed E-state index contributed by atoms with van der Waals surface area (Å²) in [6.07, 6.45) is 8.72. The lowest BCUT2D eigenvalue weighted by molar-refractivity contribution is -0.144. The third-order valence-electron chi connectivity index (χ3n) is 16.2. The number of nitrogens with zero attached hydrogens (tertiary/aromatic N) is 3. The Bertz CT molecular complexity index is 2920. The lowest BCUT2D eigenvalue weighted by Gasteiger charge is -2.36. The summed E-state index contributed by atoms with van der Waals surface area (Å²) in [6.45, 7) is 10.4. The van der Waals surface area contributed by atoms with Crippen LogP contribution in [0.25, 0.3) is 11.1 Å². The van der Waals surface area contributed by atoms with Crippen LogP contribution in [0.1, 0.15) is 152 Å². The van der Waals surface area contributed by atoms with E-state index >= 15 is 0 Å². The number of likely N-dealkylation sites (N-methyl/N-ethyl adjacent to an activating group) is 2. The van der Waals surface area contributed by atoms with Crippen LogP contribution < -0.4 is 20.7 Å². The Labute approximate surface area is 497 Å². The van der Waals surface area contributed by atoms with E-state index in [9.17, 15) is 33.9 Å². The third kappa shape index (κ3) is 17.8.